The van der Waals surface area contributed by atoms with Crippen LogP contribution in [0.25, 0.3) is 0 Å². The predicted molar refractivity (Wildman–Crippen MR) is 58.3 cm³/mol. The molecule has 0 aliphatic heterocycles. The fourth-order valence-electron chi connectivity index (χ4n) is 1.28. The van der Waals surface area contributed by atoms with Gasteiger partial charge in [-0.15, -0.1) is 0 Å². The van der Waals surface area contributed by atoms with Crippen LogP contribution in [-0.4, -0.2) is 11.7 Å². The largest absolute Gasteiger partial charge is 0.384 e. The Morgan fingerprint density at radius 2 is 2.08 bits per heavy atom. The van der Waals surface area contributed by atoms with Crippen molar-refractivity contribution in [2.75, 3.05) is 6.61 Å². The van der Waals surface area contributed by atoms with E-state index >= 15 is 0 Å². The van der Waals surface area contributed by atoms with Crippen LogP contribution in [0.5, 0.6) is 0 Å². The van der Waals surface area contributed by atoms with Crippen LogP contribution in [0.1, 0.15) is 13.8 Å². The van der Waals surface area contributed by atoms with Crippen LogP contribution in [-0.2, 0) is 0 Å². The van der Waals surface area contributed by atoms with Crippen LogP contribution < -0.4 is 0 Å². The highest BCUT2D eigenvalue weighted by atomic mass is 79.9. The monoisotopic (exact) mass is 240 g/mol. The third kappa shape index (κ3) is 2.46. The molecule has 0 radical (unpaired) electrons. The van der Waals surface area contributed by atoms with E-state index in [1.807, 2.05) is 12.2 Å². The van der Waals surface area contributed by atoms with E-state index in [0.717, 1.165) is 5.57 Å². The molecule has 70 valence electrons. The Hall–Kier alpha value is -0.520. The van der Waals surface area contributed by atoms with E-state index in [1.165, 1.54) is 4.48 Å². The van der Waals surface area contributed by atoms with E-state index in [1.54, 1.807) is 0 Å². The molecule has 1 N–H and O–H groups in total. The van der Waals surface area contributed by atoms with E-state index in [2.05, 4.69) is 41.6 Å². The number of halogens is 1. The molecule has 2 heteroatoms. The highest BCUT2D eigenvalue weighted by Crippen LogP contribution is 2.33. The minimum atomic E-state index is -0.0661. The lowest BCUT2D eigenvalue weighted by Gasteiger charge is -2.22. The molecule has 1 nitrogen and oxygen atoms in total. The van der Waals surface area contributed by atoms with Gasteiger partial charge in [-0.05, 0) is 22.4 Å². The van der Waals surface area contributed by atoms with E-state index in [0.29, 0.717) is 11.8 Å². The third-order valence-electron chi connectivity index (χ3n) is 2.41. The highest BCUT2D eigenvalue weighted by molar-refractivity contribution is 9.11. The molecule has 0 bridgehead atoms. The van der Waals surface area contributed by atoms with Gasteiger partial charge < -0.3 is 5.11 Å². The SMILES string of the molecule is CC1C(Br)=CC=C(C#CCO)C1C. The van der Waals surface area contributed by atoms with Gasteiger partial charge in [-0.3, -0.25) is 0 Å². The van der Waals surface area contributed by atoms with Crippen molar-refractivity contribution < 1.29 is 5.11 Å². The van der Waals surface area contributed by atoms with Crippen LogP contribution in [0.4, 0.5) is 0 Å². The number of aliphatic hydroxyl groups excluding tert-OH is 1. The van der Waals surface area contributed by atoms with Crippen LogP contribution in [0.3, 0.4) is 0 Å². The first-order chi connectivity index (χ1) is 6.16. The van der Waals surface area contributed by atoms with Crippen molar-refractivity contribution in [1.29, 1.82) is 0 Å². The molecule has 0 aromatic carbocycles. The molecule has 2 atom stereocenters. The Morgan fingerprint density at radius 3 is 2.69 bits per heavy atom. The van der Waals surface area contributed by atoms with E-state index < -0.39 is 0 Å². The Bertz CT molecular complexity index is 304. The summed E-state index contributed by atoms with van der Waals surface area (Å²) in [5.74, 6) is 6.55. The number of allylic oxidation sites excluding steroid dienone is 4. The zero-order valence-corrected chi connectivity index (χ0v) is 9.43. The molecule has 1 aliphatic carbocycles. The summed E-state index contributed by atoms with van der Waals surface area (Å²) < 4.78 is 1.22. The molecule has 0 amide bonds. The van der Waals surface area contributed by atoms with Crippen LogP contribution >= 0.6 is 15.9 Å². The average Bonchev–Trinajstić information content (AvgIpc) is 2.13. The molecule has 1 aliphatic rings. The summed E-state index contributed by atoms with van der Waals surface area (Å²) >= 11 is 3.51. The highest BCUT2D eigenvalue weighted by Gasteiger charge is 2.20. The lowest BCUT2D eigenvalue weighted by Crippen LogP contribution is -2.13. The molecular formula is C11H13BrO. The minimum Gasteiger partial charge on any atom is -0.384 e. The summed E-state index contributed by atoms with van der Waals surface area (Å²) in [6.45, 7) is 4.25. The molecule has 2 unspecified atom stereocenters. The predicted octanol–water partition coefficient (Wildman–Crippen LogP) is 2.47. The van der Waals surface area contributed by atoms with Gasteiger partial charge in [-0.2, -0.15) is 0 Å². The summed E-state index contributed by atoms with van der Waals surface area (Å²) in [6.07, 6.45) is 4.05. The molecule has 0 spiro atoms. The third-order valence-corrected chi connectivity index (χ3v) is 3.40. The number of aliphatic hydroxyl groups is 1. The standard InChI is InChI=1S/C11H13BrO/c1-8-9(2)11(12)6-5-10(8)4-3-7-13/h5-6,8-9,13H,7H2,1-2H3. The van der Waals surface area contributed by atoms with E-state index in [9.17, 15) is 0 Å². The molecule has 0 heterocycles. The van der Waals surface area contributed by atoms with Gasteiger partial charge in [0.15, 0.2) is 0 Å². The van der Waals surface area contributed by atoms with Gasteiger partial charge in [0.25, 0.3) is 0 Å². The molecule has 0 aromatic rings. The summed E-state index contributed by atoms with van der Waals surface area (Å²) in [4.78, 5) is 0. The maximum absolute atomic E-state index is 8.58. The van der Waals surface area contributed by atoms with Gasteiger partial charge in [-0.25, -0.2) is 0 Å². The lowest BCUT2D eigenvalue weighted by molar-refractivity contribution is 0.350. The molecule has 0 aromatic heterocycles. The van der Waals surface area contributed by atoms with Gasteiger partial charge in [0, 0.05) is 5.57 Å². The fraction of sp³-hybridized carbons (Fsp3) is 0.455. The van der Waals surface area contributed by atoms with Crippen molar-refractivity contribution in [3.63, 3.8) is 0 Å². The second-order valence-corrected chi connectivity index (χ2v) is 4.13. The second-order valence-electron chi connectivity index (χ2n) is 3.21. The Labute approximate surface area is 87.7 Å². The summed E-state index contributed by atoms with van der Waals surface area (Å²) in [7, 11) is 0. The van der Waals surface area contributed by atoms with Gasteiger partial charge in [0.2, 0.25) is 0 Å². The van der Waals surface area contributed by atoms with Crippen LogP contribution in [0.2, 0.25) is 0 Å². The molecule has 0 saturated carbocycles. The van der Waals surface area contributed by atoms with Crippen LogP contribution in [0.15, 0.2) is 22.2 Å². The Balaban J connectivity index is 2.87. The van der Waals surface area contributed by atoms with Crippen molar-refractivity contribution in [2.45, 2.75) is 13.8 Å². The van der Waals surface area contributed by atoms with Crippen molar-refractivity contribution in [3.8, 4) is 11.8 Å². The first kappa shape index (κ1) is 10.6. The number of hydrogen-bond donors (Lipinski definition) is 1. The quantitative estimate of drug-likeness (QED) is 0.646. The zero-order chi connectivity index (χ0) is 9.84. The molecule has 13 heavy (non-hydrogen) atoms. The van der Waals surface area contributed by atoms with Crippen molar-refractivity contribution in [2.24, 2.45) is 11.8 Å². The fourth-order valence-corrected chi connectivity index (χ4v) is 1.81. The molecule has 0 fully saturated rings. The van der Waals surface area contributed by atoms with Crippen molar-refractivity contribution in [1.82, 2.24) is 0 Å². The zero-order valence-electron chi connectivity index (χ0n) is 7.84. The van der Waals surface area contributed by atoms with E-state index in [4.69, 9.17) is 5.11 Å². The summed E-state index contributed by atoms with van der Waals surface area (Å²) in [6, 6.07) is 0. The van der Waals surface area contributed by atoms with Gasteiger partial charge in [0.05, 0.1) is 0 Å². The lowest BCUT2D eigenvalue weighted by atomic mass is 9.85. The topological polar surface area (TPSA) is 20.2 Å². The molecule has 0 saturated heterocycles. The van der Waals surface area contributed by atoms with Gasteiger partial charge in [-0.1, -0.05) is 47.7 Å². The number of hydrogen-bond acceptors (Lipinski definition) is 1. The Kier molecular flexibility index (Phi) is 3.77. The minimum absolute atomic E-state index is 0.0661. The normalized spacial score (nSPS) is 27.1. The molecular weight excluding hydrogens is 228 g/mol. The maximum Gasteiger partial charge on any atom is 0.104 e. The molecule has 1 rings (SSSR count). The van der Waals surface area contributed by atoms with Gasteiger partial charge >= 0.3 is 0 Å². The first-order valence-electron chi connectivity index (χ1n) is 4.33. The second kappa shape index (κ2) is 4.64. The van der Waals surface area contributed by atoms with E-state index in [-0.39, 0.29) is 6.61 Å². The summed E-state index contributed by atoms with van der Waals surface area (Å²) in [5, 5.41) is 8.58. The average molecular weight is 241 g/mol. The summed E-state index contributed by atoms with van der Waals surface area (Å²) in [5.41, 5.74) is 1.10. The maximum atomic E-state index is 8.58. The number of rotatable bonds is 0. The first-order valence-corrected chi connectivity index (χ1v) is 5.13. The van der Waals surface area contributed by atoms with Crippen LogP contribution in [0, 0.1) is 23.7 Å². The van der Waals surface area contributed by atoms with Crippen molar-refractivity contribution in [3.05, 3.63) is 22.2 Å². The van der Waals surface area contributed by atoms with Gasteiger partial charge in [0.1, 0.15) is 6.61 Å². The van der Waals surface area contributed by atoms with Crippen molar-refractivity contribution >= 4 is 15.9 Å². The smallest absolute Gasteiger partial charge is 0.104 e. The Morgan fingerprint density at radius 1 is 1.38 bits per heavy atom.